The van der Waals surface area contributed by atoms with Crippen LogP contribution in [0.3, 0.4) is 0 Å². The first-order valence-electron chi connectivity index (χ1n) is 8.33. The van der Waals surface area contributed by atoms with Crippen molar-refractivity contribution in [2.45, 2.75) is 52.7 Å². The van der Waals surface area contributed by atoms with E-state index in [0.717, 1.165) is 29.9 Å². The molecule has 0 aromatic carbocycles. The molecule has 0 spiro atoms. The van der Waals surface area contributed by atoms with Crippen LogP contribution in [-0.2, 0) is 16.1 Å². The van der Waals surface area contributed by atoms with Gasteiger partial charge in [-0.3, -0.25) is 24.3 Å². The van der Waals surface area contributed by atoms with E-state index in [1.54, 1.807) is 0 Å². The summed E-state index contributed by atoms with van der Waals surface area (Å²) >= 11 is 0. The molecule has 7 heteroatoms. The molecular formula is C17H24N2O5. The van der Waals surface area contributed by atoms with Crippen molar-refractivity contribution in [2.75, 3.05) is 0 Å². The summed E-state index contributed by atoms with van der Waals surface area (Å²) in [6.45, 7) is 6.07. The molecule has 0 aliphatic heterocycles. The number of nitro groups is 1. The lowest BCUT2D eigenvalue weighted by molar-refractivity contribution is -0.386. The molecule has 1 saturated carbocycles. The van der Waals surface area contributed by atoms with Crippen LogP contribution < -0.4 is 5.56 Å². The Morgan fingerprint density at radius 3 is 2.79 bits per heavy atom. The van der Waals surface area contributed by atoms with Gasteiger partial charge in [0.1, 0.15) is 12.6 Å². The largest absolute Gasteiger partial charge is 0.461 e. The lowest BCUT2D eigenvalue weighted by Crippen LogP contribution is -2.37. The Balaban J connectivity index is 2.09. The van der Waals surface area contributed by atoms with Crippen molar-refractivity contribution in [2.24, 2.45) is 17.8 Å². The quantitative estimate of drug-likeness (QED) is 0.468. The first kappa shape index (κ1) is 18.2. The number of carbonyl (C=O) groups is 1. The maximum atomic E-state index is 12.2. The summed E-state index contributed by atoms with van der Waals surface area (Å²) in [5, 5.41) is 10.8. The maximum Gasteiger partial charge on any atom is 0.334 e. The number of nitrogens with zero attached hydrogens (tertiary/aromatic N) is 2. The van der Waals surface area contributed by atoms with Crippen molar-refractivity contribution in [1.29, 1.82) is 0 Å². The zero-order chi connectivity index (χ0) is 17.9. The maximum absolute atomic E-state index is 12.2. The van der Waals surface area contributed by atoms with E-state index in [2.05, 4.69) is 20.8 Å². The molecule has 24 heavy (non-hydrogen) atoms. The van der Waals surface area contributed by atoms with Gasteiger partial charge in [0.05, 0.1) is 4.92 Å². The Morgan fingerprint density at radius 2 is 2.17 bits per heavy atom. The third kappa shape index (κ3) is 4.21. The van der Waals surface area contributed by atoms with E-state index in [0.29, 0.717) is 17.8 Å². The third-order valence-corrected chi connectivity index (χ3v) is 4.74. The Morgan fingerprint density at radius 1 is 1.46 bits per heavy atom. The van der Waals surface area contributed by atoms with E-state index in [9.17, 15) is 19.7 Å². The van der Waals surface area contributed by atoms with Gasteiger partial charge in [0.2, 0.25) is 0 Å². The highest BCUT2D eigenvalue weighted by molar-refractivity contribution is 5.69. The predicted octanol–water partition coefficient (Wildman–Crippen LogP) is 2.76. The van der Waals surface area contributed by atoms with E-state index in [1.165, 1.54) is 12.3 Å². The van der Waals surface area contributed by atoms with E-state index >= 15 is 0 Å². The Labute approximate surface area is 140 Å². The van der Waals surface area contributed by atoms with Gasteiger partial charge in [-0.25, -0.2) is 0 Å². The third-order valence-electron chi connectivity index (χ3n) is 4.74. The number of pyridine rings is 1. The van der Waals surface area contributed by atoms with Crippen LogP contribution in [0.2, 0.25) is 0 Å². The standard InChI is InChI=1S/C17H24N2O5/c1-11(2)13-7-6-12(3)9-15(13)24-16(20)10-18-8-4-5-14(17(18)21)19(22)23/h4-5,8,11-13,15H,6-7,9-10H2,1-3H3/t12-,13-,15+/m1/s1. The van der Waals surface area contributed by atoms with Gasteiger partial charge in [-0.15, -0.1) is 0 Å². The number of aromatic nitrogens is 1. The fraction of sp³-hybridized carbons (Fsp3) is 0.647. The second-order valence-corrected chi connectivity index (χ2v) is 6.94. The second kappa shape index (κ2) is 7.59. The van der Waals surface area contributed by atoms with Crippen molar-refractivity contribution in [3.63, 3.8) is 0 Å². The normalized spacial score (nSPS) is 23.9. The molecule has 0 unspecified atom stereocenters. The van der Waals surface area contributed by atoms with Gasteiger partial charge in [-0.1, -0.05) is 27.2 Å². The Bertz CT molecular complexity index is 667. The minimum absolute atomic E-state index is 0.157. The van der Waals surface area contributed by atoms with Crippen molar-refractivity contribution in [3.05, 3.63) is 38.8 Å². The molecule has 0 amide bonds. The SMILES string of the molecule is CC(C)[C@H]1CC[C@@H](C)C[C@@H]1OC(=O)Cn1cccc([N+](=O)[O-])c1=O. The summed E-state index contributed by atoms with van der Waals surface area (Å²) in [7, 11) is 0. The van der Waals surface area contributed by atoms with Gasteiger partial charge in [0, 0.05) is 12.3 Å². The summed E-state index contributed by atoms with van der Waals surface area (Å²) in [6.07, 6.45) is 4.17. The molecule has 0 radical (unpaired) electrons. The van der Waals surface area contributed by atoms with Crippen LogP contribution in [0, 0.1) is 27.9 Å². The number of esters is 1. The molecule has 0 saturated heterocycles. The molecule has 7 nitrogen and oxygen atoms in total. The van der Waals surface area contributed by atoms with Crippen molar-refractivity contribution in [3.8, 4) is 0 Å². The van der Waals surface area contributed by atoms with Crippen LogP contribution in [0.1, 0.15) is 40.0 Å². The minimum Gasteiger partial charge on any atom is -0.461 e. The lowest BCUT2D eigenvalue weighted by Gasteiger charge is -2.36. The molecule has 0 N–H and O–H groups in total. The average Bonchev–Trinajstić information content (AvgIpc) is 2.48. The summed E-state index contributed by atoms with van der Waals surface area (Å²) in [4.78, 5) is 34.3. The monoisotopic (exact) mass is 336 g/mol. The first-order chi connectivity index (χ1) is 11.3. The number of rotatable bonds is 5. The van der Waals surface area contributed by atoms with Gasteiger partial charge in [-0.05, 0) is 36.7 Å². The van der Waals surface area contributed by atoms with Crippen LogP contribution >= 0.6 is 0 Å². The summed E-state index contributed by atoms with van der Waals surface area (Å²) in [5.74, 6) is 0.698. The summed E-state index contributed by atoms with van der Waals surface area (Å²) < 4.78 is 6.65. The molecule has 1 aliphatic rings. The molecule has 0 bridgehead atoms. The van der Waals surface area contributed by atoms with E-state index in [1.807, 2.05) is 0 Å². The molecule has 1 aromatic rings. The fourth-order valence-electron chi connectivity index (χ4n) is 3.38. The van der Waals surface area contributed by atoms with Gasteiger partial charge in [0.15, 0.2) is 0 Å². The van der Waals surface area contributed by atoms with E-state index in [4.69, 9.17) is 4.74 Å². The topological polar surface area (TPSA) is 91.4 Å². The molecule has 1 aromatic heterocycles. The van der Waals surface area contributed by atoms with Gasteiger partial charge >= 0.3 is 17.2 Å². The molecule has 1 aliphatic carbocycles. The predicted molar refractivity (Wildman–Crippen MR) is 88.6 cm³/mol. The van der Waals surface area contributed by atoms with Crippen molar-refractivity contribution in [1.82, 2.24) is 4.57 Å². The average molecular weight is 336 g/mol. The minimum atomic E-state index is -0.795. The Kier molecular flexibility index (Phi) is 5.75. The number of ether oxygens (including phenoxy) is 1. The van der Waals surface area contributed by atoms with E-state index in [-0.39, 0.29) is 12.6 Å². The number of hydrogen-bond donors (Lipinski definition) is 0. The van der Waals surface area contributed by atoms with Crippen LogP contribution in [0.25, 0.3) is 0 Å². The number of hydrogen-bond acceptors (Lipinski definition) is 5. The zero-order valence-corrected chi connectivity index (χ0v) is 14.3. The molecule has 1 heterocycles. The van der Waals surface area contributed by atoms with Crippen molar-refractivity contribution < 1.29 is 14.5 Å². The highest BCUT2D eigenvalue weighted by Crippen LogP contribution is 2.35. The molecule has 2 rings (SSSR count). The second-order valence-electron chi connectivity index (χ2n) is 6.94. The summed E-state index contributed by atoms with van der Waals surface area (Å²) in [5.41, 5.74) is -1.34. The molecule has 132 valence electrons. The summed E-state index contributed by atoms with van der Waals surface area (Å²) in [6, 6.07) is 2.51. The smallest absolute Gasteiger partial charge is 0.334 e. The number of carbonyl (C=O) groups excluding carboxylic acids is 1. The van der Waals surface area contributed by atoms with Gasteiger partial charge < -0.3 is 4.74 Å². The highest BCUT2D eigenvalue weighted by Gasteiger charge is 2.33. The molecule has 3 atom stereocenters. The zero-order valence-electron chi connectivity index (χ0n) is 14.3. The Hall–Kier alpha value is -2.18. The van der Waals surface area contributed by atoms with E-state index < -0.39 is 22.1 Å². The fourth-order valence-corrected chi connectivity index (χ4v) is 3.38. The van der Waals surface area contributed by atoms with Crippen molar-refractivity contribution >= 4 is 11.7 Å². The van der Waals surface area contributed by atoms with Crippen LogP contribution in [-0.4, -0.2) is 21.6 Å². The first-order valence-corrected chi connectivity index (χ1v) is 8.33. The van der Waals surface area contributed by atoms with Gasteiger partial charge in [0.25, 0.3) is 0 Å². The van der Waals surface area contributed by atoms with Crippen LogP contribution in [0.4, 0.5) is 5.69 Å². The van der Waals surface area contributed by atoms with Crippen LogP contribution in [0.15, 0.2) is 23.1 Å². The van der Waals surface area contributed by atoms with Gasteiger partial charge in [-0.2, -0.15) is 0 Å². The lowest BCUT2D eigenvalue weighted by atomic mass is 9.75. The highest BCUT2D eigenvalue weighted by atomic mass is 16.6. The molecule has 1 fully saturated rings. The van der Waals surface area contributed by atoms with Crippen LogP contribution in [0.5, 0.6) is 0 Å². The molecular weight excluding hydrogens is 312 g/mol.